The van der Waals surface area contributed by atoms with E-state index in [-0.39, 0.29) is 36.2 Å². The van der Waals surface area contributed by atoms with Gasteiger partial charge >= 0.3 is 29.6 Å². The van der Waals surface area contributed by atoms with E-state index in [2.05, 4.69) is 4.29 Å². The summed E-state index contributed by atoms with van der Waals surface area (Å²) in [5.41, 5.74) is 1.60. The smallest absolute Gasteiger partial charge is 0.851 e. The molecule has 0 aliphatic heterocycles. The molecule has 0 radical (unpaired) electrons. The van der Waals surface area contributed by atoms with Crippen LogP contribution in [0.15, 0.2) is 24.3 Å². The molecule has 0 atom stereocenters. The Labute approximate surface area is 99.0 Å². The average Bonchev–Trinajstić information content (AvgIpc) is 2.06. The molecule has 1 rings (SSSR count). The standard InChI is InChI=1S/C8H8ClO2.Na/c9-11-6-8-4-2-1-3-7(8)5-10;/h1-4H,5-6H2;/q-1;+1. The summed E-state index contributed by atoms with van der Waals surface area (Å²) in [6.07, 6.45) is 0. The van der Waals surface area contributed by atoms with Gasteiger partial charge in [0.05, 0.1) is 18.5 Å². The van der Waals surface area contributed by atoms with Crippen molar-refractivity contribution in [3.8, 4) is 0 Å². The fraction of sp³-hybridized carbons (Fsp3) is 0.250. The van der Waals surface area contributed by atoms with E-state index < -0.39 is 0 Å². The molecule has 0 aliphatic carbocycles. The predicted octanol–water partition coefficient (Wildman–Crippen LogP) is -1.78. The first-order valence-electron chi connectivity index (χ1n) is 3.27. The summed E-state index contributed by atoms with van der Waals surface area (Å²) in [5.74, 6) is 0. The molecule has 0 aliphatic rings. The summed E-state index contributed by atoms with van der Waals surface area (Å²) in [5, 5.41) is 10.5. The van der Waals surface area contributed by atoms with Gasteiger partial charge in [-0.25, -0.2) is 0 Å². The second-order valence-corrected chi connectivity index (χ2v) is 2.38. The first kappa shape index (κ1) is 12.4. The van der Waals surface area contributed by atoms with Crippen LogP contribution in [-0.4, -0.2) is 0 Å². The molecule has 4 heteroatoms. The first-order chi connectivity index (χ1) is 5.38. The van der Waals surface area contributed by atoms with Crippen molar-refractivity contribution in [3.05, 3.63) is 35.4 Å². The summed E-state index contributed by atoms with van der Waals surface area (Å²) in [6.45, 7) is 0.0659. The van der Waals surface area contributed by atoms with E-state index in [9.17, 15) is 5.11 Å². The van der Waals surface area contributed by atoms with Crippen LogP contribution in [0.4, 0.5) is 0 Å². The van der Waals surface area contributed by atoms with Crippen LogP contribution in [0.25, 0.3) is 0 Å². The van der Waals surface area contributed by atoms with Crippen LogP contribution in [0, 0.1) is 0 Å². The van der Waals surface area contributed by atoms with Crippen molar-refractivity contribution in [3.63, 3.8) is 0 Å². The fourth-order valence-corrected chi connectivity index (χ4v) is 1.02. The van der Waals surface area contributed by atoms with E-state index in [0.717, 1.165) is 11.1 Å². The van der Waals surface area contributed by atoms with E-state index in [1.165, 1.54) is 0 Å². The van der Waals surface area contributed by atoms with Gasteiger partial charge < -0.3 is 5.11 Å². The third kappa shape index (κ3) is 3.44. The van der Waals surface area contributed by atoms with E-state index in [1.807, 2.05) is 18.2 Å². The minimum absolute atomic E-state index is 0. The third-order valence-electron chi connectivity index (χ3n) is 1.48. The fourth-order valence-electron chi connectivity index (χ4n) is 0.898. The molecule has 1 aromatic rings. The van der Waals surface area contributed by atoms with Gasteiger partial charge in [0, 0.05) is 0 Å². The Morgan fingerprint density at radius 2 is 1.83 bits per heavy atom. The molecule has 0 spiro atoms. The monoisotopic (exact) mass is 194 g/mol. The summed E-state index contributed by atoms with van der Waals surface area (Å²) >= 11 is 5.06. The number of benzene rings is 1. The molecule has 0 N–H and O–H groups in total. The third-order valence-corrected chi connectivity index (χ3v) is 1.59. The molecule has 60 valence electrons. The minimum Gasteiger partial charge on any atom is -0.851 e. The Morgan fingerprint density at radius 3 is 2.33 bits per heavy atom. The Balaban J connectivity index is 0.00000121. The molecule has 0 bridgehead atoms. The predicted molar refractivity (Wildman–Crippen MR) is 40.8 cm³/mol. The zero-order valence-corrected chi connectivity index (χ0v) is 9.67. The van der Waals surface area contributed by atoms with Crippen LogP contribution >= 0.6 is 11.9 Å². The van der Waals surface area contributed by atoms with Crippen molar-refractivity contribution < 1.29 is 39.0 Å². The zero-order chi connectivity index (χ0) is 8.10. The normalized spacial score (nSPS) is 9.17. The van der Waals surface area contributed by atoms with Gasteiger partial charge in [0.25, 0.3) is 0 Å². The molecule has 0 heterocycles. The number of hydrogen-bond acceptors (Lipinski definition) is 2. The topological polar surface area (TPSA) is 32.3 Å². The average molecular weight is 195 g/mol. The molecule has 0 saturated heterocycles. The van der Waals surface area contributed by atoms with E-state index in [4.69, 9.17) is 11.9 Å². The molecule has 2 nitrogen and oxygen atoms in total. The van der Waals surface area contributed by atoms with Crippen LogP contribution < -0.4 is 34.7 Å². The van der Waals surface area contributed by atoms with Gasteiger partial charge in [-0.15, -0.1) is 6.61 Å². The summed E-state index contributed by atoms with van der Waals surface area (Å²) in [4.78, 5) is 0. The van der Waals surface area contributed by atoms with E-state index in [0.29, 0.717) is 6.61 Å². The van der Waals surface area contributed by atoms with E-state index in [1.54, 1.807) is 6.07 Å². The molecule has 0 unspecified atom stereocenters. The number of rotatable bonds is 3. The summed E-state index contributed by atoms with van der Waals surface area (Å²) in [7, 11) is 0. The van der Waals surface area contributed by atoms with Crippen LogP contribution in [0.3, 0.4) is 0 Å². The van der Waals surface area contributed by atoms with Crippen molar-refractivity contribution in [2.24, 2.45) is 0 Å². The maximum Gasteiger partial charge on any atom is 1.00 e. The molecule has 12 heavy (non-hydrogen) atoms. The second kappa shape index (κ2) is 6.89. The van der Waals surface area contributed by atoms with Gasteiger partial charge in [0.1, 0.15) is 0 Å². The van der Waals surface area contributed by atoms with Crippen molar-refractivity contribution >= 4 is 11.9 Å². The Morgan fingerprint density at radius 1 is 1.25 bits per heavy atom. The molecule has 0 aromatic heterocycles. The van der Waals surface area contributed by atoms with Crippen molar-refractivity contribution in [1.29, 1.82) is 0 Å². The van der Waals surface area contributed by atoms with Gasteiger partial charge in [-0.3, -0.25) is 4.29 Å². The maximum absolute atomic E-state index is 10.5. The Hall–Kier alpha value is 0.430. The van der Waals surface area contributed by atoms with Crippen LogP contribution in [0.1, 0.15) is 11.1 Å². The second-order valence-electron chi connectivity index (χ2n) is 2.17. The summed E-state index contributed by atoms with van der Waals surface area (Å²) < 4.78 is 4.40. The van der Waals surface area contributed by atoms with Crippen molar-refractivity contribution in [1.82, 2.24) is 0 Å². The summed E-state index contributed by atoms with van der Waals surface area (Å²) in [6, 6.07) is 7.28. The minimum atomic E-state index is -0.226. The number of halogens is 1. The Kier molecular flexibility index (Phi) is 7.14. The van der Waals surface area contributed by atoms with Crippen LogP contribution in [-0.2, 0) is 17.5 Å². The molecule has 1 aromatic carbocycles. The van der Waals surface area contributed by atoms with Gasteiger partial charge in [-0.05, 0) is 5.56 Å². The van der Waals surface area contributed by atoms with Gasteiger partial charge in [0.2, 0.25) is 0 Å². The van der Waals surface area contributed by atoms with Gasteiger partial charge in [-0.2, -0.15) is 0 Å². The van der Waals surface area contributed by atoms with Gasteiger partial charge in [-0.1, -0.05) is 29.8 Å². The molecule has 0 saturated carbocycles. The van der Waals surface area contributed by atoms with Crippen LogP contribution in [0.5, 0.6) is 0 Å². The molecule has 0 amide bonds. The maximum atomic E-state index is 10.5. The SMILES string of the molecule is [Na+].[O-]Cc1ccccc1COCl. The number of hydrogen-bond donors (Lipinski definition) is 0. The van der Waals surface area contributed by atoms with Gasteiger partial charge in [0.15, 0.2) is 0 Å². The first-order valence-corrected chi connectivity index (χ1v) is 3.57. The largest absolute Gasteiger partial charge is 1.00 e. The van der Waals surface area contributed by atoms with Crippen molar-refractivity contribution in [2.75, 3.05) is 0 Å². The van der Waals surface area contributed by atoms with Crippen LogP contribution in [0.2, 0.25) is 0 Å². The molecular formula is C8H8ClNaO2. The Bertz CT molecular complexity index is 230. The molecule has 0 fully saturated rings. The van der Waals surface area contributed by atoms with E-state index >= 15 is 0 Å². The molecular weight excluding hydrogens is 187 g/mol. The quantitative estimate of drug-likeness (QED) is 0.533. The zero-order valence-electron chi connectivity index (χ0n) is 6.92. The van der Waals surface area contributed by atoms with Crippen molar-refractivity contribution in [2.45, 2.75) is 13.2 Å².